The van der Waals surface area contributed by atoms with Crippen molar-refractivity contribution in [3.05, 3.63) is 90.1 Å². The van der Waals surface area contributed by atoms with Crippen LogP contribution in [0.4, 0.5) is 0 Å². The van der Waals surface area contributed by atoms with Crippen molar-refractivity contribution in [3.8, 4) is 11.3 Å². The number of rotatable bonds is 11. The molecule has 0 N–H and O–H groups in total. The number of nitrogens with zero attached hydrogens (tertiary/aromatic N) is 2. The van der Waals surface area contributed by atoms with Crippen LogP contribution in [0.2, 0.25) is 0 Å². The largest absolute Gasteiger partial charge is 0.478 e. The predicted molar refractivity (Wildman–Crippen MR) is 178 cm³/mol. The standard InChI is InChI=1S/C38H49BN2O4/c1-26(2)19-36(39-43-35-22-29-21-34(37(29,3)4)38(35,5)45-39)41-31(23-32(44-41)20-27-13-8-6-9-14-27)25-42-24-30-17-12-18-33(40-30)28-15-10-7-11-16-28/h6-18,26,29,31-32,34-36H,19-25H2,1-5H3/t29-,31?,32?,34-,35+,36-,38-/m0/s1. The molecule has 7 atom stereocenters. The smallest absolute Gasteiger partial charge is 0.404 e. The summed E-state index contributed by atoms with van der Waals surface area (Å²) in [5, 5.41) is 2.22. The molecule has 2 aliphatic heterocycles. The quantitative estimate of drug-likeness (QED) is 0.210. The number of hydrogen-bond acceptors (Lipinski definition) is 6. The molecule has 5 aliphatic rings. The maximum absolute atomic E-state index is 7.05. The highest BCUT2D eigenvalue weighted by Gasteiger charge is 2.69. The molecule has 1 aromatic heterocycles. The third kappa shape index (κ3) is 6.15. The Morgan fingerprint density at radius 1 is 0.933 bits per heavy atom. The Bertz CT molecular complexity index is 1440. The van der Waals surface area contributed by atoms with Gasteiger partial charge in [-0.2, -0.15) is 5.06 Å². The van der Waals surface area contributed by atoms with E-state index in [4.69, 9.17) is 23.9 Å². The molecule has 3 heterocycles. The summed E-state index contributed by atoms with van der Waals surface area (Å²) < 4.78 is 20.4. The Hall–Kier alpha value is -2.55. The molecule has 6 nitrogen and oxygen atoms in total. The lowest BCUT2D eigenvalue weighted by Crippen LogP contribution is -2.65. The summed E-state index contributed by atoms with van der Waals surface area (Å²) in [7, 11) is -0.320. The Morgan fingerprint density at radius 3 is 2.42 bits per heavy atom. The Kier molecular flexibility index (Phi) is 8.68. The zero-order valence-corrected chi connectivity index (χ0v) is 27.6. The van der Waals surface area contributed by atoms with E-state index in [0.717, 1.165) is 48.6 Å². The van der Waals surface area contributed by atoms with Gasteiger partial charge in [0.1, 0.15) is 0 Å². The van der Waals surface area contributed by atoms with Crippen LogP contribution in [0.5, 0.6) is 0 Å². The van der Waals surface area contributed by atoms with Gasteiger partial charge in [-0.15, -0.1) is 0 Å². The van der Waals surface area contributed by atoms with E-state index in [1.807, 2.05) is 24.3 Å². The molecule has 5 fully saturated rings. The molecule has 2 aromatic carbocycles. The molecule has 45 heavy (non-hydrogen) atoms. The molecule has 7 heteroatoms. The van der Waals surface area contributed by atoms with Crippen molar-refractivity contribution in [2.45, 2.75) is 103 Å². The highest BCUT2D eigenvalue weighted by Crippen LogP contribution is 2.66. The average Bonchev–Trinajstić information content (AvgIpc) is 3.60. The lowest BCUT2D eigenvalue weighted by atomic mass is 9.43. The minimum Gasteiger partial charge on any atom is -0.404 e. The van der Waals surface area contributed by atoms with Gasteiger partial charge in [0, 0.05) is 12.0 Å². The summed E-state index contributed by atoms with van der Waals surface area (Å²) in [5.74, 6) is 1.70. The first-order valence-corrected chi connectivity index (χ1v) is 17.1. The summed E-state index contributed by atoms with van der Waals surface area (Å²) >= 11 is 0. The first-order valence-electron chi connectivity index (χ1n) is 17.1. The van der Waals surface area contributed by atoms with E-state index in [9.17, 15) is 0 Å². The molecular weight excluding hydrogens is 559 g/mol. The zero-order chi connectivity index (χ0) is 31.2. The second-order valence-electron chi connectivity index (χ2n) is 15.1. The molecule has 0 radical (unpaired) electrons. The first kappa shape index (κ1) is 31.1. The van der Waals surface area contributed by atoms with Crippen LogP contribution in [0.1, 0.15) is 71.6 Å². The molecule has 2 saturated heterocycles. The van der Waals surface area contributed by atoms with E-state index >= 15 is 0 Å². The van der Waals surface area contributed by atoms with Crippen LogP contribution in [-0.4, -0.2) is 53.6 Å². The van der Waals surface area contributed by atoms with Gasteiger partial charge in [-0.3, -0.25) is 9.82 Å². The fourth-order valence-corrected chi connectivity index (χ4v) is 8.71. The lowest BCUT2D eigenvalue weighted by molar-refractivity contribution is -0.201. The molecule has 3 aliphatic carbocycles. The summed E-state index contributed by atoms with van der Waals surface area (Å²) in [6.45, 7) is 12.7. The molecule has 2 bridgehead atoms. The van der Waals surface area contributed by atoms with Gasteiger partial charge in [-0.1, -0.05) is 94.4 Å². The Balaban J connectivity index is 1.09. The van der Waals surface area contributed by atoms with Crippen molar-refractivity contribution in [3.63, 3.8) is 0 Å². The molecule has 0 amide bonds. The molecule has 0 spiro atoms. The van der Waals surface area contributed by atoms with Gasteiger partial charge in [-0.25, -0.2) is 0 Å². The molecule has 8 rings (SSSR count). The van der Waals surface area contributed by atoms with E-state index in [-0.39, 0.29) is 36.9 Å². The number of benzene rings is 2. The van der Waals surface area contributed by atoms with Gasteiger partial charge in [-0.05, 0) is 73.5 Å². The van der Waals surface area contributed by atoms with Crippen LogP contribution >= 0.6 is 0 Å². The van der Waals surface area contributed by atoms with Gasteiger partial charge in [0.25, 0.3) is 0 Å². The van der Waals surface area contributed by atoms with Crippen molar-refractivity contribution in [2.75, 3.05) is 6.61 Å². The van der Waals surface area contributed by atoms with Crippen LogP contribution < -0.4 is 0 Å². The third-order valence-corrected chi connectivity index (χ3v) is 11.2. The molecule has 3 saturated carbocycles. The topological polar surface area (TPSA) is 53.1 Å². The van der Waals surface area contributed by atoms with Crippen molar-refractivity contribution in [1.82, 2.24) is 10.0 Å². The van der Waals surface area contributed by atoms with Crippen LogP contribution in [0.15, 0.2) is 78.9 Å². The fourth-order valence-electron chi connectivity index (χ4n) is 8.71. The summed E-state index contributed by atoms with van der Waals surface area (Å²) in [6, 6.07) is 27.2. The molecule has 238 valence electrons. The average molecular weight is 609 g/mol. The highest BCUT2D eigenvalue weighted by atomic mass is 16.7. The SMILES string of the molecule is CC(C)C[C@@H](B1O[C@@H]2C[C@@H]3C[C@@H](C3(C)C)[C@]2(C)O1)N1OC(Cc2ccccc2)CC1COCc1cccc(-c2ccccc2)n1. The van der Waals surface area contributed by atoms with Gasteiger partial charge >= 0.3 is 7.12 Å². The fraction of sp³-hybridized carbons (Fsp3) is 0.553. The van der Waals surface area contributed by atoms with E-state index in [1.54, 1.807) is 0 Å². The van der Waals surface area contributed by atoms with Crippen molar-refractivity contribution < 1.29 is 18.9 Å². The number of hydrogen-bond donors (Lipinski definition) is 0. The normalized spacial score (nSPS) is 31.2. The maximum atomic E-state index is 7.05. The summed E-state index contributed by atoms with van der Waals surface area (Å²) in [5.41, 5.74) is 4.37. The number of aromatic nitrogens is 1. The maximum Gasteiger partial charge on any atom is 0.478 e. The van der Waals surface area contributed by atoms with Crippen molar-refractivity contribution in [1.29, 1.82) is 0 Å². The monoisotopic (exact) mass is 608 g/mol. The van der Waals surface area contributed by atoms with Crippen LogP contribution in [0.3, 0.4) is 0 Å². The number of ether oxygens (including phenoxy) is 1. The predicted octanol–water partition coefficient (Wildman–Crippen LogP) is 7.56. The number of pyridine rings is 1. The van der Waals surface area contributed by atoms with Crippen molar-refractivity contribution in [2.24, 2.45) is 23.2 Å². The summed E-state index contributed by atoms with van der Waals surface area (Å²) in [6.07, 6.45) is 5.25. The minimum absolute atomic E-state index is 0.0124. The highest BCUT2D eigenvalue weighted by molar-refractivity contribution is 6.47. The van der Waals surface area contributed by atoms with Gasteiger partial charge in [0.2, 0.25) is 0 Å². The molecule has 2 unspecified atom stereocenters. The van der Waals surface area contributed by atoms with Crippen LogP contribution in [0, 0.1) is 23.2 Å². The van der Waals surface area contributed by atoms with E-state index in [1.165, 1.54) is 12.0 Å². The third-order valence-electron chi connectivity index (χ3n) is 11.2. The second kappa shape index (κ2) is 12.6. The molecule has 3 aromatic rings. The van der Waals surface area contributed by atoms with E-state index < -0.39 is 0 Å². The van der Waals surface area contributed by atoms with Crippen molar-refractivity contribution >= 4 is 7.12 Å². The summed E-state index contributed by atoms with van der Waals surface area (Å²) in [4.78, 5) is 11.8. The van der Waals surface area contributed by atoms with Gasteiger partial charge in [0.05, 0.1) is 54.4 Å². The Morgan fingerprint density at radius 2 is 1.69 bits per heavy atom. The van der Waals surface area contributed by atoms with Gasteiger partial charge < -0.3 is 14.0 Å². The Labute approximate surface area is 269 Å². The van der Waals surface area contributed by atoms with Crippen LogP contribution in [0.25, 0.3) is 11.3 Å². The number of hydroxylamine groups is 2. The second-order valence-corrected chi connectivity index (χ2v) is 15.1. The first-order chi connectivity index (χ1) is 21.7. The molecular formula is C38H49BN2O4. The zero-order valence-electron chi connectivity index (χ0n) is 27.6. The minimum atomic E-state index is -0.320. The van der Waals surface area contributed by atoms with Gasteiger partial charge in [0.15, 0.2) is 0 Å². The van der Waals surface area contributed by atoms with E-state index in [2.05, 4.69) is 94.3 Å². The van der Waals surface area contributed by atoms with Crippen LogP contribution in [-0.2, 0) is 31.9 Å². The lowest BCUT2D eigenvalue weighted by Gasteiger charge is -2.64. The van der Waals surface area contributed by atoms with E-state index in [0.29, 0.717) is 30.5 Å².